The highest BCUT2D eigenvalue weighted by molar-refractivity contribution is 6.36. The molecule has 1 aromatic rings. The number of benzene rings is 1. The molecule has 7 heteroatoms. The van der Waals surface area contributed by atoms with Crippen LogP contribution in [-0.2, 0) is 14.3 Å². The summed E-state index contributed by atoms with van der Waals surface area (Å²) in [5.74, 6) is 0.0645. The van der Waals surface area contributed by atoms with Crippen molar-refractivity contribution in [3.8, 4) is 0 Å². The molecule has 0 bridgehead atoms. The van der Waals surface area contributed by atoms with Crippen molar-refractivity contribution in [3.63, 3.8) is 0 Å². The normalized spacial score (nSPS) is 25.0. The standard InChI is InChI=1S/C20H25ClN2O4/c1-11-8-12(2)15(14(21)9-11)16-17(27-19(25)23(4)5)20(22-18(16)24)6-7-26-13(3)10-20/h8-9,13H,6-7,10H2,1-5H3,(H,22,24). The number of carbonyl (C=O) groups is 2. The molecule has 3 rings (SSSR count). The van der Waals surface area contributed by atoms with Crippen LogP contribution in [0.2, 0.25) is 5.02 Å². The second-order valence-electron chi connectivity index (χ2n) is 7.58. The van der Waals surface area contributed by atoms with Crippen LogP contribution < -0.4 is 5.32 Å². The summed E-state index contributed by atoms with van der Waals surface area (Å²) >= 11 is 6.51. The van der Waals surface area contributed by atoms with Gasteiger partial charge in [-0.15, -0.1) is 0 Å². The summed E-state index contributed by atoms with van der Waals surface area (Å²) in [4.78, 5) is 26.8. The van der Waals surface area contributed by atoms with Crippen molar-refractivity contribution < 1.29 is 19.1 Å². The van der Waals surface area contributed by atoms with E-state index in [2.05, 4.69) is 5.32 Å². The number of ether oxygens (including phenoxy) is 2. The summed E-state index contributed by atoms with van der Waals surface area (Å²) in [5, 5.41) is 3.53. The van der Waals surface area contributed by atoms with Crippen LogP contribution in [0.4, 0.5) is 4.79 Å². The number of carbonyl (C=O) groups excluding carboxylic acids is 2. The molecule has 1 aromatic carbocycles. The Bertz CT molecular complexity index is 810. The van der Waals surface area contributed by atoms with Gasteiger partial charge < -0.3 is 19.7 Å². The first kappa shape index (κ1) is 19.7. The summed E-state index contributed by atoms with van der Waals surface area (Å²) in [5.41, 5.74) is 2.04. The van der Waals surface area contributed by atoms with Crippen molar-refractivity contribution in [2.75, 3.05) is 20.7 Å². The molecule has 1 saturated heterocycles. The van der Waals surface area contributed by atoms with Crippen LogP contribution in [0.1, 0.15) is 36.5 Å². The molecular weight excluding hydrogens is 368 g/mol. The molecule has 6 nitrogen and oxygen atoms in total. The third-order valence-electron chi connectivity index (χ3n) is 5.04. The first-order chi connectivity index (χ1) is 12.6. The SMILES string of the molecule is Cc1cc(C)c(C2=C(OC(=O)N(C)C)C3(CCOC(C)C3)NC2=O)c(Cl)c1. The van der Waals surface area contributed by atoms with E-state index in [1.807, 2.05) is 32.9 Å². The molecule has 0 aliphatic carbocycles. The van der Waals surface area contributed by atoms with E-state index in [4.69, 9.17) is 21.1 Å². The zero-order valence-corrected chi connectivity index (χ0v) is 17.1. The summed E-state index contributed by atoms with van der Waals surface area (Å²) in [7, 11) is 3.21. The van der Waals surface area contributed by atoms with E-state index in [1.165, 1.54) is 4.90 Å². The minimum absolute atomic E-state index is 0.0685. The maximum Gasteiger partial charge on any atom is 0.414 e. The molecule has 2 atom stereocenters. The van der Waals surface area contributed by atoms with E-state index in [9.17, 15) is 9.59 Å². The van der Waals surface area contributed by atoms with E-state index >= 15 is 0 Å². The molecule has 2 amide bonds. The lowest BCUT2D eigenvalue weighted by Gasteiger charge is -2.38. The lowest BCUT2D eigenvalue weighted by atomic mass is 9.84. The molecule has 146 valence electrons. The Kier molecular flexibility index (Phi) is 5.23. The van der Waals surface area contributed by atoms with Crippen LogP contribution in [0.3, 0.4) is 0 Å². The van der Waals surface area contributed by atoms with Gasteiger partial charge in [-0.25, -0.2) is 4.79 Å². The quantitative estimate of drug-likeness (QED) is 0.837. The van der Waals surface area contributed by atoms with E-state index in [1.54, 1.807) is 14.1 Å². The van der Waals surface area contributed by atoms with Crippen molar-refractivity contribution in [2.45, 2.75) is 45.3 Å². The molecule has 1 fully saturated rings. The predicted molar refractivity (Wildman–Crippen MR) is 104 cm³/mol. The molecule has 1 N–H and O–H groups in total. The van der Waals surface area contributed by atoms with Gasteiger partial charge in [-0.1, -0.05) is 17.7 Å². The monoisotopic (exact) mass is 392 g/mol. The summed E-state index contributed by atoms with van der Waals surface area (Å²) < 4.78 is 11.4. The Balaban J connectivity index is 2.21. The zero-order chi connectivity index (χ0) is 19.9. The van der Waals surface area contributed by atoms with Gasteiger partial charge in [-0.2, -0.15) is 0 Å². The average Bonchev–Trinajstić information content (AvgIpc) is 2.78. The van der Waals surface area contributed by atoms with Gasteiger partial charge in [-0.05, 0) is 38.0 Å². The Morgan fingerprint density at radius 1 is 1.37 bits per heavy atom. The van der Waals surface area contributed by atoms with Crippen molar-refractivity contribution in [2.24, 2.45) is 0 Å². The molecule has 2 unspecified atom stereocenters. The van der Waals surface area contributed by atoms with Crippen LogP contribution in [0.5, 0.6) is 0 Å². The second-order valence-corrected chi connectivity index (χ2v) is 7.98. The number of nitrogens with zero attached hydrogens (tertiary/aromatic N) is 1. The molecule has 27 heavy (non-hydrogen) atoms. The van der Waals surface area contributed by atoms with Crippen LogP contribution >= 0.6 is 11.6 Å². The third kappa shape index (κ3) is 3.56. The van der Waals surface area contributed by atoms with Crippen LogP contribution in [0.15, 0.2) is 17.9 Å². The number of nitrogens with one attached hydrogen (secondary N) is 1. The third-order valence-corrected chi connectivity index (χ3v) is 5.34. The van der Waals surface area contributed by atoms with E-state index < -0.39 is 11.6 Å². The molecule has 0 saturated carbocycles. The highest BCUT2D eigenvalue weighted by Gasteiger charge is 2.51. The summed E-state index contributed by atoms with van der Waals surface area (Å²) in [6.45, 7) is 6.26. The topological polar surface area (TPSA) is 67.9 Å². The molecule has 2 heterocycles. The average molecular weight is 393 g/mol. The van der Waals surface area contributed by atoms with Crippen molar-refractivity contribution in [3.05, 3.63) is 39.6 Å². The lowest BCUT2D eigenvalue weighted by Crippen LogP contribution is -2.51. The van der Waals surface area contributed by atoms with Crippen LogP contribution in [0, 0.1) is 13.8 Å². The molecule has 0 radical (unpaired) electrons. The van der Waals surface area contributed by atoms with Crippen LogP contribution in [-0.4, -0.2) is 49.2 Å². The van der Waals surface area contributed by atoms with Gasteiger partial charge in [-0.3, -0.25) is 4.79 Å². The van der Waals surface area contributed by atoms with Gasteiger partial charge in [0.2, 0.25) is 0 Å². The Labute approximate surface area is 164 Å². The van der Waals surface area contributed by atoms with Crippen molar-refractivity contribution >= 4 is 29.2 Å². The Morgan fingerprint density at radius 2 is 2.07 bits per heavy atom. The number of hydrogen-bond donors (Lipinski definition) is 1. The fourth-order valence-electron chi connectivity index (χ4n) is 3.87. The largest absolute Gasteiger partial charge is 0.414 e. The van der Waals surface area contributed by atoms with Crippen molar-refractivity contribution in [1.82, 2.24) is 10.2 Å². The van der Waals surface area contributed by atoms with Crippen LogP contribution in [0.25, 0.3) is 5.57 Å². The molecule has 2 aliphatic rings. The minimum Gasteiger partial charge on any atom is -0.411 e. The molecule has 0 aromatic heterocycles. The Hall–Kier alpha value is -2.05. The second kappa shape index (κ2) is 7.17. The van der Waals surface area contributed by atoms with E-state index in [-0.39, 0.29) is 12.0 Å². The van der Waals surface area contributed by atoms with Gasteiger partial charge in [0, 0.05) is 44.1 Å². The van der Waals surface area contributed by atoms with Crippen molar-refractivity contribution in [1.29, 1.82) is 0 Å². The summed E-state index contributed by atoms with van der Waals surface area (Å²) in [6, 6.07) is 3.78. The smallest absolute Gasteiger partial charge is 0.411 e. The maximum absolute atomic E-state index is 13.0. The first-order valence-corrected chi connectivity index (χ1v) is 9.37. The van der Waals surface area contributed by atoms with Gasteiger partial charge >= 0.3 is 6.09 Å². The van der Waals surface area contributed by atoms with Gasteiger partial charge in [0.05, 0.1) is 11.7 Å². The zero-order valence-electron chi connectivity index (χ0n) is 16.3. The summed E-state index contributed by atoms with van der Waals surface area (Å²) in [6.07, 6.45) is 0.464. The predicted octanol–water partition coefficient (Wildman–Crippen LogP) is 3.43. The highest BCUT2D eigenvalue weighted by Crippen LogP contribution is 2.44. The molecular formula is C20H25ClN2O4. The van der Waals surface area contributed by atoms with Gasteiger partial charge in [0.25, 0.3) is 5.91 Å². The number of rotatable bonds is 2. The van der Waals surface area contributed by atoms with E-state index in [0.717, 1.165) is 11.1 Å². The van der Waals surface area contributed by atoms with E-state index in [0.29, 0.717) is 41.4 Å². The molecule has 1 spiro atoms. The highest BCUT2D eigenvalue weighted by atomic mass is 35.5. The Morgan fingerprint density at radius 3 is 2.67 bits per heavy atom. The lowest BCUT2D eigenvalue weighted by molar-refractivity contribution is -0.117. The van der Waals surface area contributed by atoms with Gasteiger partial charge in [0.15, 0.2) is 0 Å². The fraction of sp³-hybridized carbons (Fsp3) is 0.500. The minimum atomic E-state index is -0.767. The fourth-order valence-corrected chi connectivity index (χ4v) is 4.29. The number of aryl methyl sites for hydroxylation is 2. The number of hydrogen-bond acceptors (Lipinski definition) is 4. The maximum atomic E-state index is 13.0. The van der Waals surface area contributed by atoms with Gasteiger partial charge in [0.1, 0.15) is 11.3 Å². The molecule has 2 aliphatic heterocycles. The first-order valence-electron chi connectivity index (χ1n) is 9.00. The number of halogens is 1. The number of amides is 2.